The van der Waals surface area contributed by atoms with E-state index >= 15 is 0 Å². The number of benzene rings is 1. The van der Waals surface area contributed by atoms with Crippen LogP contribution in [0.3, 0.4) is 0 Å². The molecule has 0 heterocycles. The first-order valence-corrected chi connectivity index (χ1v) is 4.58. The van der Waals surface area contributed by atoms with E-state index in [1.54, 1.807) is 12.1 Å². The minimum Gasteiger partial charge on any atom is -0.495 e. The van der Waals surface area contributed by atoms with Gasteiger partial charge in [-0.1, -0.05) is 16.8 Å². The van der Waals surface area contributed by atoms with Gasteiger partial charge in [-0.3, -0.25) is 4.79 Å². The highest BCUT2D eigenvalue weighted by atomic mass is 35.5. The summed E-state index contributed by atoms with van der Waals surface area (Å²) >= 11 is 5.75. The third-order valence-electron chi connectivity index (χ3n) is 1.75. The Hall–Kier alpha value is -1.95. The SMILES string of the molecule is COc1ccc(Cl)cc1NC(=O)/C(N)=N/O. The summed E-state index contributed by atoms with van der Waals surface area (Å²) < 4.78 is 5.00. The lowest BCUT2D eigenvalue weighted by atomic mass is 10.3. The second-order valence-corrected chi connectivity index (χ2v) is 3.22. The summed E-state index contributed by atoms with van der Waals surface area (Å²) in [6.07, 6.45) is 0. The normalized spacial score (nSPS) is 11.0. The highest BCUT2D eigenvalue weighted by Crippen LogP contribution is 2.27. The van der Waals surface area contributed by atoms with Crippen molar-refractivity contribution in [3.05, 3.63) is 23.2 Å². The van der Waals surface area contributed by atoms with Gasteiger partial charge >= 0.3 is 0 Å². The van der Waals surface area contributed by atoms with Gasteiger partial charge in [-0.05, 0) is 18.2 Å². The van der Waals surface area contributed by atoms with Crippen molar-refractivity contribution < 1.29 is 14.7 Å². The molecule has 0 radical (unpaired) electrons. The molecule has 1 aromatic carbocycles. The van der Waals surface area contributed by atoms with Gasteiger partial charge in [-0.15, -0.1) is 0 Å². The van der Waals surface area contributed by atoms with Crippen LogP contribution in [-0.4, -0.2) is 24.1 Å². The van der Waals surface area contributed by atoms with Gasteiger partial charge in [-0.25, -0.2) is 0 Å². The number of nitrogens with two attached hydrogens (primary N) is 1. The molecule has 4 N–H and O–H groups in total. The highest BCUT2D eigenvalue weighted by Gasteiger charge is 2.11. The van der Waals surface area contributed by atoms with Crippen LogP contribution < -0.4 is 15.8 Å². The number of ether oxygens (including phenoxy) is 1. The Bertz CT molecular complexity index is 434. The Morgan fingerprint density at radius 3 is 2.88 bits per heavy atom. The van der Waals surface area contributed by atoms with Crippen molar-refractivity contribution in [2.75, 3.05) is 12.4 Å². The summed E-state index contributed by atoms with van der Waals surface area (Å²) in [5.41, 5.74) is 5.45. The number of carbonyl (C=O) groups excluding carboxylic acids is 1. The van der Waals surface area contributed by atoms with Crippen molar-refractivity contribution in [1.29, 1.82) is 0 Å². The fourth-order valence-electron chi connectivity index (χ4n) is 1.01. The number of halogens is 1. The van der Waals surface area contributed by atoms with Crippen molar-refractivity contribution in [3.8, 4) is 5.75 Å². The van der Waals surface area contributed by atoms with Gasteiger partial charge < -0.3 is 21.0 Å². The molecule has 6 nitrogen and oxygen atoms in total. The summed E-state index contributed by atoms with van der Waals surface area (Å²) in [7, 11) is 1.45. The zero-order valence-electron chi connectivity index (χ0n) is 8.40. The van der Waals surface area contributed by atoms with E-state index in [0.29, 0.717) is 16.5 Å². The maximum absolute atomic E-state index is 11.3. The van der Waals surface area contributed by atoms with Crippen LogP contribution in [0.5, 0.6) is 5.75 Å². The van der Waals surface area contributed by atoms with E-state index in [1.807, 2.05) is 0 Å². The molecule has 16 heavy (non-hydrogen) atoms. The minimum absolute atomic E-state index is 0.339. The van der Waals surface area contributed by atoms with Crippen molar-refractivity contribution >= 4 is 29.0 Å². The standard InChI is InChI=1S/C9H10ClN3O3/c1-16-7-3-2-5(10)4-6(7)12-9(14)8(11)13-15/h2-4,15H,1H3,(H2,11,13)(H,12,14). The molecule has 0 fully saturated rings. The van der Waals surface area contributed by atoms with Crippen LogP contribution in [0.15, 0.2) is 23.4 Å². The lowest BCUT2D eigenvalue weighted by Gasteiger charge is -2.09. The van der Waals surface area contributed by atoms with Gasteiger partial charge in [0.05, 0.1) is 12.8 Å². The molecule has 86 valence electrons. The number of anilines is 1. The molecule has 0 saturated carbocycles. The molecule has 0 saturated heterocycles. The molecule has 0 aromatic heterocycles. The number of amides is 1. The maximum Gasteiger partial charge on any atom is 0.294 e. The fourth-order valence-corrected chi connectivity index (χ4v) is 1.18. The van der Waals surface area contributed by atoms with E-state index < -0.39 is 11.7 Å². The van der Waals surface area contributed by atoms with Gasteiger partial charge in [0, 0.05) is 5.02 Å². The zero-order valence-corrected chi connectivity index (χ0v) is 9.15. The van der Waals surface area contributed by atoms with Crippen molar-refractivity contribution in [1.82, 2.24) is 0 Å². The maximum atomic E-state index is 11.3. The van der Waals surface area contributed by atoms with Crippen molar-refractivity contribution in [3.63, 3.8) is 0 Å². The van der Waals surface area contributed by atoms with Gasteiger partial charge in [0.1, 0.15) is 5.75 Å². The largest absolute Gasteiger partial charge is 0.495 e. The van der Waals surface area contributed by atoms with Crippen molar-refractivity contribution in [2.24, 2.45) is 10.9 Å². The summed E-state index contributed by atoms with van der Waals surface area (Å²) in [6.45, 7) is 0. The van der Waals surface area contributed by atoms with Crippen LogP contribution in [-0.2, 0) is 4.79 Å². The first-order valence-electron chi connectivity index (χ1n) is 4.21. The average molecular weight is 244 g/mol. The molecular formula is C9H10ClN3O3. The second kappa shape index (κ2) is 5.22. The Labute approximate surface area is 96.6 Å². The molecule has 0 aliphatic carbocycles. The third-order valence-corrected chi connectivity index (χ3v) is 1.99. The van der Waals surface area contributed by atoms with E-state index in [4.69, 9.17) is 27.3 Å². The van der Waals surface area contributed by atoms with Gasteiger partial charge in [0.25, 0.3) is 5.91 Å². The average Bonchev–Trinajstić information content (AvgIpc) is 2.28. The number of carbonyl (C=O) groups is 1. The first-order chi connectivity index (χ1) is 7.58. The zero-order chi connectivity index (χ0) is 12.1. The molecule has 1 amide bonds. The smallest absolute Gasteiger partial charge is 0.294 e. The summed E-state index contributed by atoms with van der Waals surface area (Å²) in [5.74, 6) is -0.881. The van der Waals surface area contributed by atoms with Gasteiger partial charge in [0.15, 0.2) is 0 Å². The molecule has 1 aromatic rings. The molecule has 7 heteroatoms. The number of amidine groups is 1. The van der Waals surface area contributed by atoms with Crippen LogP contribution in [0.2, 0.25) is 5.02 Å². The van der Waals surface area contributed by atoms with Gasteiger partial charge in [0.2, 0.25) is 5.84 Å². The molecule has 0 bridgehead atoms. The second-order valence-electron chi connectivity index (χ2n) is 2.78. The monoisotopic (exact) mass is 243 g/mol. The number of nitrogens with zero attached hydrogens (tertiary/aromatic N) is 1. The Balaban J connectivity index is 2.96. The molecule has 0 unspecified atom stereocenters. The van der Waals surface area contributed by atoms with E-state index in [1.165, 1.54) is 13.2 Å². The Morgan fingerprint density at radius 2 is 2.31 bits per heavy atom. The summed E-state index contributed by atoms with van der Waals surface area (Å²) in [4.78, 5) is 11.3. The number of hydrogen-bond acceptors (Lipinski definition) is 4. The number of hydrogen-bond donors (Lipinski definition) is 3. The topological polar surface area (TPSA) is 96.9 Å². The number of methoxy groups -OCH3 is 1. The molecule has 0 spiro atoms. The predicted molar refractivity (Wildman–Crippen MR) is 60.0 cm³/mol. The quantitative estimate of drug-likeness (QED) is 0.313. The predicted octanol–water partition coefficient (Wildman–Crippen LogP) is 1.03. The first kappa shape index (κ1) is 12.1. The minimum atomic E-state index is -0.747. The van der Waals surface area contributed by atoms with Crippen LogP contribution >= 0.6 is 11.6 Å². The van der Waals surface area contributed by atoms with E-state index in [0.717, 1.165) is 0 Å². The Kier molecular flexibility index (Phi) is 3.96. The molecule has 0 aliphatic heterocycles. The van der Waals surface area contributed by atoms with Crippen LogP contribution in [0.25, 0.3) is 0 Å². The Morgan fingerprint density at radius 1 is 1.62 bits per heavy atom. The fraction of sp³-hybridized carbons (Fsp3) is 0.111. The van der Waals surface area contributed by atoms with Crippen LogP contribution in [0.4, 0.5) is 5.69 Å². The third kappa shape index (κ3) is 2.77. The van der Waals surface area contributed by atoms with Crippen LogP contribution in [0.1, 0.15) is 0 Å². The molecule has 1 rings (SSSR count). The lowest BCUT2D eigenvalue weighted by molar-refractivity contribution is -0.110. The molecule has 0 atom stereocenters. The summed E-state index contributed by atoms with van der Waals surface area (Å²) in [5, 5.41) is 13.7. The van der Waals surface area contributed by atoms with E-state index in [9.17, 15) is 4.79 Å². The lowest BCUT2D eigenvalue weighted by Crippen LogP contribution is -2.30. The van der Waals surface area contributed by atoms with Gasteiger partial charge in [-0.2, -0.15) is 0 Å². The van der Waals surface area contributed by atoms with Crippen molar-refractivity contribution in [2.45, 2.75) is 0 Å². The molecule has 0 aliphatic rings. The number of oxime groups is 1. The summed E-state index contributed by atoms with van der Waals surface area (Å²) in [6, 6.07) is 4.69. The van der Waals surface area contributed by atoms with Crippen LogP contribution in [0, 0.1) is 0 Å². The van der Waals surface area contributed by atoms with E-state index in [2.05, 4.69) is 10.5 Å². The highest BCUT2D eigenvalue weighted by molar-refractivity contribution is 6.41. The molecular weight excluding hydrogens is 234 g/mol. The van der Waals surface area contributed by atoms with E-state index in [-0.39, 0.29) is 0 Å². The number of nitrogens with one attached hydrogen (secondary N) is 1. The number of rotatable bonds is 2.